The number of nitrogens with one attached hydrogen (secondary N) is 3. The first-order valence-electron chi connectivity index (χ1n) is 17.5. The van der Waals surface area contributed by atoms with E-state index in [0.717, 1.165) is 56.4 Å². The minimum atomic E-state index is -1.33. The average Bonchev–Trinajstić information content (AvgIpc) is 3.70. The number of piperazine rings is 1. The molecule has 0 radical (unpaired) electrons. The Labute approximate surface area is 298 Å². The number of methoxy groups -OCH3 is 1. The summed E-state index contributed by atoms with van der Waals surface area (Å²) in [7, 11) is 1.58. The number of hydrogen-bond donors (Lipinski definition) is 4. The third kappa shape index (κ3) is 4.14. The van der Waals surface area contributed by atoms with Crippen LogP contribution in [-0.2, 0) is 32.0 Å². The van der Waals surface area contributed by atoms with Gasteiger partial charge in [-0.15, -0.1) is 11.8 Å². The van der Waals surface area contributed by atoms with Crippen LogP contribution in [0.4, 0.5) is 0 Å². The van der Waals surface area contributed by atoms with Gasteiger partial charge in [0.15, 0.2) is 23.0 Å². The number of phenolic OH excluding ortho intramolecular Hbond substituents is 1. The lowest BCUT2D eigenvalue weighted by atomic mass is 9.79. The summed E-state index contributed by atoms with van der Waals surface area (Å²) in [6.07, 6.45) is 1.39. The molecule has 0 saturated carbocycles. The van der Waals surface area contributed by atoms with Crippen LogP contribution in [-0.4, -0.2) is 72.6 Å². The molecule has 13 heteroatoms. The quantitative estimate of drug-likeness (QED) is 0.172. The number of hydrogen-bond acceptors (Lipinski definition) is 12. The van der Waals surface area contributed by atoms with Crippen molar-refractivity contribution in [3.63, 3.8) is 0 Å². The summed E-state index contributed by atoms with van der Waals surface area (Å²) >= 11 is 1.47. The number of para-hydroxylation sites is 1. The maximum absolute atomic E-state index is 14.8. The Hall–Kier alpha value is -4.43. The molecule has 264 valence electrons. The van der Waals surface area contributed by atoms with Gasteiger partial charge in [-0.3, -0.25) is 15.0 Å². The zero-order valence-corrected chi connectivity index (χ0v) is 29.5. The number of H-pyrrole nitrogens is 1. The zero-order chi connectivity index (χ0) is 34.9. The molecule has 4 bridgehead atoms. The summed E-state index contributed by atoms with van der Waals surface area (Å²) < 4.78 is 30.7. The Morgan fingerprint density at radius 1 is 1.10 bits per heavy atom. The second-order valence-corrected chi connectivity index (χ2v) is 15.7. The highest BCUT2D eigenvalue weighted by molar-refractivity contribution is 8.01. The molecule has 4 N–H and O–H groups in total. The third-order valence-corrected chi connectivity index (χ3v) is 13.3. The smallest absolute Gasteiger partial charge is 0.343 e. The van der Waals surface area contributed by atoms with Gasteiger partial charge < -0.3 is 39.1 Å². The highest BCUT2D eigenvalue weighted by Crippen LogP contribution is 2.65. The Bertz CT molecular complexity index is 2200. The lowest BCUT2D eigenvalue weighted by Gasteiger charge is -2.55. The minimum absolute atomic E-state index is 0.0236. The number of carbonyl (C=O) groups is 2. The van der Waals surface area contributed by atoms with E-state index < -0.39 is 22.1 Å². The molecule has 2 saturated heterocycles. The summed E-state index contributed by atoms with van der Waals surface area (Å²) in [6.45, 7) is 6.48. The number of rotatable bonds is 2. The second-order valence-electron chi connectivity index (χ2n) is 14.3. The molecule has 9 heterocycles. The number of ether oxygens (including phenoxy) is 5. The Morgan fingerprint density at radius 2 is 1.92 bits per heavy atom. The molecule has 3 unspecified atom stereocenters. The molecule has 12 nitrogen and oxygen atoms in total. The van der Waals surface area contributed by atoms with Gasteiger partial charge in [0.2, 0.25) is 11.7 Å². The van der Waals surface area contributed by atoms with Gasteiger partial charge in [-0.05, 0) is 49.4 Å². The fourth-order valence-electron chi connectivity index (χ4n) is 9.84. The monoisotopic (exact) mass is 710 g/mol. The number of aryl methyl sites for hydroxylation is 1. The summed E-state index contributed by atoms with van der Waals surface area (Å²) in [4.78, 5) is 32.5. The van der Waals surface area contributed by atoms with Crippen LogP contribution in [0.25, 0.3) is 10.9 Å². The fraction of sp³-hybridized carbons (Fsp3) is 0.421. The molecule has 1 spiro atoms. The SMILES string of the molecule is COc1c(C)cc2c(c1O)[C@H]1NCC(C2)N2C1[C@@H]1S[C@]3(NCCc4c3[nH]c3ccccc43)C(=O)OC[C@H]2c2c3c(c(C)c(OC(C)=O)c21)OCO3. The lowest BCUT2D eigenvalue weighted by Crippen LogP contribution is -2.62. The van der Waals surface area contributed by atoms with Gasteiger partial charge >= 0.3 is 11.9 Å². The van der Waals surface area contributed by atoms with Crippen molar-refractivity contribution in [1.29, 1.82) is 0 Å². The van der Waals surface area contributed by atoms with Crippen molar-refractivity contribution in [3.8, 4) is 28.7 Å². The molecule has 0 amide bonds. The van der Waals surface area contributed by atoms with Crippen LogP contribution < -0.4 is 29.6 Å². The molecular formula is C38H38N4O8S. The molecular weight excluding hydrogens is 673 g/mol. The number of esters is 2. The lowest BCUT2D eigenvalue weighted by molar-refractivity contribution is -0.151. The maximum Gasteiger partial charge on any atom is 0.343 e. The van der Waals surface area contributed by atoms with Gasteiger partial charge in [-0.2, -0.15) is 0 Å². The molecule has 1 aromatic heterocycles. The Balaban J connectivity index is 1.28. The number of aromatic amines is 1. The topological polar surface area (TPSA) is 144 Å². The van der Waals surface area contributed by atoms with E-state index in [9.17, 15) is 14.7 Å². The van der Waals surface area contributed by atoms with Gasteiger partial charge in [0, 0.05) is 65.3 Å². The van der Waals surface area contributed by atoms with E-state index in [1.54, 1.807) is 7.11 Å². The van der Waals surface area contributed by atoms with E-state index >= 15 is 0 Å². The van der Waals surface area contributed by atoms with Crippen LogP contribution in [0.1, 0.15) is 68.9 Å². The van der Waals surface area contributed by atoms with Crippen molar-refractivity contribution in [2.75, 3.05) is 33.6 Å². The van der Waals surface area contributed by atoms with E-state index in [1.165, 1.54) is 18.7 Å². The van der Waals surface area contributed by atoms with Gasteiger partial charge in [0.05, 0.1) is 30.1 Å². The second kappa shape index (κ2) is 11.0. The number of fused-ring (bicyclic) bond motifs is 7. The van der Waals surface area contributed by atoms with Gasteiger partial charge in [-0.1, -0.05) is 24.3 Å². The molecule has 51 heavy (non-hydrogen) atoms. The van der Waals surface area contributed by atoms with Crippen LogP contribution >= 0.6 is 11.8 Å². The van der Waals surface area contributed by atoms with E-state index in [0.29, 0.717) is 48.1 Å². The van der Waals surface area contributed by atoms with Crippen LogP contribution in [0.2, 0.25) is 0 Å². The highest BCUT2D eigenvalue weighted by atomic mass is 32.2. The largest absolute Gasteiger partial charge is 0.504 e. The summed E-state index contributed by atoms with van der Waals surface area (Å²) in [5.41, 5.74) is 7.73. The predicted octanol–water partition coefficient (Wildman–Crippen LogP) is 4.48. The number of nitrogens with zero attached hydrogens (tertiary/aromatic N) is 1. The van der Waals surface area contributed by atoms with E-state index in [-0.39, 0.29) is 43.2 Å². The van der Waals surface area contributed by atoms with Crippen LogP contribution in [0.3, 0.4) is 0 Å². The fourth-order valence-corrected chi connectivity index (χ4v) is 11.6. The first kappa shape index (κ1) is 31.3. The zero-order valence-electron chi connectivity index (χ0n) is 28.7. The number of aromatic hydroxyl groups is 1. The van der Waals surface area contributed by atoms with Crippen molar-refractivity contribution in [2.45, 2.75) is 67.9 Å². The maximum atomic E-state index is 14.8. The van der Waals surface area contributed by atoms with Crippen molar-refractivity contribution in [1.82, 2.24) is 20.5 Å². The number of aromatic nitrogens is 1. The molecule has 0 aliphatic carbocycles. The molecule has 7 atom stereocenters. The molecule has 2 fully saturated rings. The molecule has 4 aromatic rings. The first-order valence-corrected chi connectivity index (χ1v) is 18.3. The summed E-state index contributed by atoms with van der Waals surface area (Å²) in [6, 6.07) is 9.03. The van der Waals surface area contributed by atoms with Crippen molar-refractivity contribution in [2.24, 2.45) is 0 Å². The van der Waals surface area contributed by atoms with Crippen LogP contribution in [0.5, 0.6) is 28.7 Å². The van der Waals surface area contributed by atoms with E-state index in [4.69, 9.17) is 23.7 Å². The number of phenols is 1. The third-order valence-electron chi connectivity index (χ3n) is 11.7. The van der Waals surface area contributed by atoms with Crippen LogP contribution in [0, 0.1) is 13.8 Å². The van der Waals surface area contributed by atoms with Gasteiger partial charge in [-0.25, -0.2) is 4.79 Å². The molecule has 12 rings (SSSR count). The normalized spacial score (nSPS) is 29.6. The molecule has 3 aromatic carbocycles. The van der Waals surface area contributed by atoms with Crippen LogP contribution in [0.15, 0.2) is 30.3 Å². The summed E-state index contributed by atoms with van der Waals surface area (Å²) in [5.74, 6) is 1.24. The standard InChI is InChI=1S/C38H38N4O8S/c1-16-11-19-12-20-13-39-28(25(19)30(44)31(16)46-4)29-35-27-26(34-33(48-15-49-34)17(2)32(27)50-18(3)43)24(42(20)29)14-47-37(45)38(51-35)36-22(9-10-40-38)21-7-5-6-8-23(21)41-36/h5-8,11,20,24,28-29,35,39-41,44H,9-10,12-15H2,1-4H3/t20?,24-,28+,29?,35+,38-/m0/s1. The average molecular weight is 711 g/mol. The molecule has 8 aliphatic heterocycles. The van der Waals surface area contributed by atoms with E-state index in [2.05, 4.69) is 32.7 Å². The van der Waals surface area contributed by atoms with Gasteiger partial charge in [0.25, 0.3) is 0 Å². The highest BCUT2D eigenvalue weighted by Gasteiger charge is 2.61. The van der Waals surface area contributed by atoms with Crippen molar-refractivity contribution >= 4 is 34.6 Å². The Kier molecular flexibility index (Phi) is 6.78. The summed E-state index contributed by atoms with van der Waals surface area (Å²) in [5, 5.41) is 20.0. The number of benzene rings is 3. The van der Waals surface area contributed by atoms with E-state index in [1.807, 2.05) is 32.0 Å². The minimum Gasteiger partial charge on any atom is -0.504 e. The number of carbonyl (C=O) groups excluding carboxylic acids is 2. The first-order chi connectivity index (χ1) is 24.7. The number of thioether (sulfide) groups is 1. The Morgan fingerprint density at radius 3 is 2.75 bits per heavy atom. The van der Waals surface area contributed by atoms with Crippen molar-refractivity contribution in [3.05, 3.63) is 75.0 Å². The van der Waals surface area contributed by atoms with Gasteiger partial charge in [0.1, 0.15) is 12.4 Å². The van der Waals surface area contributed by atoms with Crippen molar-refractivity contribution < 1.29 is 38.4 Å². The molecule has 8 aliphatic rings. The predicted molar refractivity (Wildman–Crippen MR) is 188 cm³/mol.